The van der Waals surface area contributed by atoms with E-state index in [1.165, 1.54) is 16.7 Å². The first-order chi connectivity index (χ1) is 15.1. The lowest BCUT2D eigenvalue weighted by atomic mass is 9.89. The molecular formula is C23H21FN4O4. The van der Waals surface area contributed by atoms with E-state index in [-0.39, 0.29) is 29.1 Å². The number of hydrogen-bond acceptors (Lipinski definition) is 5. The monoisotopic (exact) mass is 436 g/mol. The normalized spacial score (nSPS) is 19.3. The SMILES string of the molecule is C#CC1(NC(=O)C(=O)c2c(C)c(C(=O)Nc3ccc(F)c(C#N)c3)n(C)c2C)COC1C. The largest absolute Gasteiger partial charge is 0.371 e. The molecular weight excluding hydrogens is 415 g/mol. The van der Waals surface area contributed by atoms with E-state index in [0.717, 1.165) is 6.07 Å². The molecule has 0 aliphatic carbocycles. The zero-order valence-corrected chi connectivity index (χ0v) is 18.0. The first-order valence-corrected chi connectivity index (χ1v) is 9.69. The van der Waals surface area contributed by atoms with Crippen molar-refractivity contribution >= 4 is 23.3 Å². The number of Topliss-reactive ketones (excluding diaryl/α,β-unsaturated/α-hetero) is 1. The molecule has 164 valence electrons. The molecule has 0 bridgehead atoms. The van der Waals surface area contributed by atoms with Gasteiger partial charge in [-0.15, -0.1) is 6.42 Å². The van der Waals surface area contributed by atoms with E-state index in [9.17, 15) is 18.8 Å². The Balaban J connectivity index is 1.89. The van der Waals surface area contributed by atoms with Gasteiger partial charge in [0.1, 0.15) is 17.6 Å². The molecule has 1 aromatic carbocycles. The van der Waals surface area contributed by atoms with Crippen molar-refractivity contribution in [1.82, 2.24) is 9.88 Å². The number of amides is 2. The van der Waals surface area contributed by atoms with Gasteiger partial charge in [-0.2, -0.15) is 5.26 Å². The molecule has 2 amide bonds. The van der Waals surface area contributed by atoms with Crippen LogP contribution in [0.2, 0.25) is 0 Å². The van der Waals surface area contributed by atoms with Gasteiger partial charge in [-0.1, -0.05) is 5.92 Å². The second-order valence-corrected chi connectivity index (χ2v) is 7.61. The fourth-order valence-electron chi connectivity index (χ4n) is 3.64. The van der Waals surface area contributed by atoms with Crippen molar-refractivity contribution in [3.8, 4) is 18.4 Å². The maximum absolute atomic E-state index is 13.5. The van der Waals surface area contributed by atoms with Crippen LogP contribution in [0.15, 0.2) is 18.2 Å². The van der Waals surface area contributed by atoms with Gasteiger partial charge in [-0.3, -0.25) is 14.4 Å². The lowest BCUT2D eigenvalue weighted by molar-refractivity contribution is -0.136. The first kappa shape index (κ1) is 22.7. The quantitative estimate of drug-likeness (QED) is 0.423. The smallest absolute Gasteiger partial charge is 0.293 e. The van der Waals surface area contributed by atoms with Crippen molar-refractivity contribution in [1.29, 1.82) is 5.26 Å². The van der Waals surface area contributed by atoms with Crippen molar-refractivity contribution < 1.29 is 23.5 Å². The molecule has 1 aliphatic rings. The van der Waals surface area contributed by atoms with Crippen molar-refractivity contribution in [2.24, 2.45) is 7.05 Å². The Bertz CT molecular complexity index is 1230. The third-order valence-corrected chi connectivity index (χ3v) is 5.77. The number of carbonyl (C=O) groups excluding carboxylic acids is 3. The highest BCUT2D eigenvalue weighted by atomic mass is 19.1. The summed E-state index contributed by atoms with van der Waals surface area (Å²) in [4.78, 5) is 38.5. The summed E-state index contributed by atoms with van der Waals surface area (Å²) < 4.78 is 20.3. The van der Waals surface area contributed by atoms with Crippen molar-refractivity contribution in [3.05, 3.63) is 52.1 Å². The van der Waals surface area contributed by atoms with Gasteiger partial charge in [0.15, 0.2) is 5.54 Å². The predicted molar refractivity (Wildman–Crippen MR) is 113 cm³/mol. The van der Waals surface area contributed by atoms with Gasteiger partial charge in [0.25, 0.3) is 17.6 Å². The first-order valence-electron chi connectivity index (χ1n) is 9.69. The number of aromatic nitrogens is 1. The molecule has 0 spiro atoms. The lowest BCUT2D eigenvalue weighted by Crippen LogP contribution is -2.67. The fourth-order valence-corrected chi connectivity index (χ4v) is 3.64. The Hall–Kier alpha value is -3.95. The van der Waals surface area contributed by atoms with Gasteiger partial charge in [-0.05, 0) is 44.5 Å². The van der Waals surface area contributed by atoms with Gasteiger partial charge < -0.3 is 19.9 Å². The Morgan fingerprint density at radius 2 is 2.03 bits per heavy atom. The number of nitrogens with zero attached hydrogens (tertiary/aromatic N) is 2. The van der Waals surface area contributed by atoms with Gasteiger partial charge in [0, 0.05) is 18.4 Å². The number of carbonyl (C=O) groups is 3. The number of rotatable bonds is 5. The highest BCUT2D eigenvalue weighted by Gasteiger charge is 2.47. The summed E-state index contributed by atoms with van der Waals surface area (Å²) in [5.41, 5.74) is -0.0980. The average molecular weight is 436 g/mol. The van der Waals surface area contributed by atoms with Crippen LogP contribution in [0.25, 0.3) is 0 Å². The molecule has 32 heavy (non-hydrogen) atoms. The number of nitriles is 1. The number of ketones is 1. The third kappa shape index (κ3) is 3.64. The van der Waals surface area contributed by atoms with Crippen LogP contribution in [0.1, 0.15) is 44.6 Å². The van der Waals surface area contributed by atoms with E-state index < -0.39 is 35.1 Å². The van der Waals surface area contributed by atoms with Crippen molar-refractivity contribution in [2.45, 2.75) is 32.4 Å². The van der Waals surface area contributed by atoms with E-state index in [1.807, 2.05) is 0 Å². The molecule has 2 heterocycles. The molecule has 2 unspecified atom stereocenters. The summed E-state index contributed by atoms with van der Waals surface area (Å²) in [5, 5.41) is 14.1. The summed E-state index contributed by atoms with van der Waals surface area (Å²) in [6, 6.07) is 5.30. The van der Waals surface area contributed by atoms with E-state index >= 15 is 0 Å². The Morgan fingerprint density at radius 1 is 1.34 bits per heavy atom. The van der Waals surface area contributed by atoms with Gasteiger partial charge in [0.05, 0.1) is 23.8 Å². The minimum absolute atomic E-state index is 0.0898. The minimum Gasteiger partial charge on any atom is -0.371 e. The van der Waals surface area contributed by atoms with Crippen LogP contribution in [0.4, 0.5) is 10.1 Å². The fraction of sp³-hybridized carbons (Fsp3) is 0.304. The van der Waals surface area contributed by atoms with E-state index in [2.05, 4.69) is 16.6 Å². The number of benzene rings is 1. The van der Waals surface area contributed by atoms with Crippen LogP contribution in [0.5, 0.6) is 0 Å². The van der Waals surface area contributed by atoms with Crippen LogP contribution in [-0.4, -0.2) is 40.4 Å². The zero-order valence-electron chi connectivity index (χ0n) is 18.0. The summed E-state index contributed by atoms with van der Waals surface area (Å²) in [6.07, 6.45) is 5.09. The number of nitrogens with one attached hydrogen (secondary N) is 2. The molecule has 1 aliphatic heterocycles. The Morgan fingerprint density at radius 3 is 2.56 bits per heavy atom. The highest BCUT2D eigenvalue weighted by Crippen LogP contribution is 2.27. The standard InChI is InChI=1S/C23H21FN4O4/c1-6-23(11-32-14(23)4)27-22(31)20(29)18-12(2)19(28(5)13(18)3)21(30)26-16-7-8-17(24)15(9-16)10-25/h1,7-9,14H,11H2,2-5H3,(H,26,30)(H,27,31). The molecule has 2 atom stereocenters. The number of halogens is 1. The highest BCUT2D eigenvalue weighted by molar-refractivity contribution is 6.44. The number of ether oxygens (including phenoxy) is 1. The minimum atomic E-state index is -1.05. The van der Waals surface area contributed by atoms with Crippen LogP contribution >= 0.6 is 0 Å². The molecule has 8 nitrogen and oxygen atoms in total. The summed E-state index contributed by atoms with van der Waals surface area (Å²) in [7, 11) is 1.59. The van der Waals surface area contributed by atoms with E-state index in [0.29, 0.717) is 11.3 Å². The lowest BCUT2D eigenvalue weighted by Gasteiger charge is -2.43. The van der Waals surface area contributed by atoms with Gasteiger partial charge >= 0.3 is 0 Å². The van der Waals surface area contributed by atoms with Crippen LogP contribution in [-0.2, 0) is 16.6 Å². The number of anilines is 1. The van der Waals surface area contributed by atoms with Gasteiger partial charge in [-0.25, -0.2) is 4.39 Å². The maximum Gasteiger partial charge on any atom is 0.293 e. The zero-order chi connectivity index (χ0) is 23.8. The van der Waals surface area contributed by atoms with E-state index in [4.69, 9.17) is 16.4 Å². The molecule has 3 rings (SSSR count). The molecule has 0 saturated carbocycles. The molecule has 0 radical (unpaired) electrons. The predicted octanol–water partition coefficient (Wildman–Crippen LogP) is 1.99. The molecule has 1 saturated heterocycles. The molecule has 1 fully saturated rings. The number of terminal acetylenes is 1. The second kappa shape index (κ2) is 8.29. The average Bonchev–Trinajstić information content (AvgIpc) is 2.99. The molecule has 2 N–H and O–H groups in total. The third-order valence-electron chi connectivity index (χ3n) is 5.77. The summed E-state index contributed by atoms with van der Waals surface area (Å²) in [6.45, 7) is 4.97. The van der Waals surface area contributed by atoms with Crippen LogP contribution < -0.4 is 10.6 Å². The maximum atomic E-state index is 13.5. The number of hydrogen-bond donors (Lipinski definition) is 2. The summed E-state index contributed by atoms with van der Waals surface area (Å²) in [5.74, 6) is -0.516. The van der Waals surface area contributed by atoms with Crippen molar-refractivity contribution in [3.63, 3.8) is 0 Å². The second-order valence-electron chi connectivity index (χ2n) is 7.61. The molecule has 1 aromatic heterocycles. The van der Waals surface area contributed by atoms with Gasteiger partial charge in [0.2, 0.25) is 0 Å². The topological polar surface area (TPSA) is 113 Å². The summed E-state index contributed by atoms with van der Waals surface area (Å²) >= 11 is 0. The van der Waals surface area contributed by atoms with Crippen LogP contribution in [0.3, 0.4) is 0 Å². The Labute approximate surface area is 184 Å². The van der Waals surface area contributed by atoms with Crippen molar-refractivity contribution in [2.75, 3.05) is 11.9 Å². The van der Waals surface area contributed by atoms with E-state index in [1.54, 1.807) is 33.9 Å². The molecule has 9 heteroatoms. The molecule has 2 aromatic rings. The Kier molecular flexibility index (Phi) is 5.89. The van der Waals surface area contributed by atoms with Crippen LogP contribution in [0, 0.1) is 43.3 Å².